The number of ether oxygens (including phenoxy) is 1. The lowest BCUT2D eigenvalue weighted by Gasteiger charge is -2.12. The number of nitrogens with one attached hydrogen (secondary N) is 1. The number of amides is 1. The van der Waals surface area contributed by atoms with Gasteiger partial charge in [-0.2, -0.15) is 8.78 Å². The molecule has 7 heteroatoms. The van der Waals surface area contributed by atoms with Crippen LogP contribution in [0.25, 0.3) is 0 Å². The molecule has 1 N–H and O–H groups in total. The minimum atomic E-state index is -2.98. The van der Waals surface area contributed by atoms with Gasteiger partial charge in [-0.1, -0.05) is 41.4 Å². The van der Waals surface area contributed by atoms with Gasteiger partial charge >= 0.3 is 6.61 Å². The van der Waals surface area contributed by atoms with Crippen LogP contribution < -0.4 is 10.1 Å². The van der Waals surface area contributed by atoms with Gasteiger partial charge in [-0.25, -0.2) is 0 Å². The Hall–Kier alpha value is -1.85. The van der Waals surface area contributed by atoms with Gasteiger partial charge in [-0.05, 0) is 29.8 Å². The smallest absolute Gasteiger partial charge is 0.387 e. The van der Waals surface area contributed by atoms with Crippen molar-refractivity contribution in [1.29, 1.82) is 0 Å². The van der Waals surface area contributed by atoms with Crippen LogP contribution in [0.2, 0.25) is 10.0 Å². The van der Waals surface area contributed by atoms with Crippen molar-refractivity contribution in [2.75, 3.05) is 5.32 Å². The number of halogens is 4. The molecule has 0 bridgehead atoms. The number of benzene rings is 2. The molecule has 0 saturated heterocycles. The van der Waals surface area contributed by atoms with E-state index in [-0.39, 0.29) is 17.9 Å². The van der Waals surface area contributed by atoms with E-state index >= 15 is 0 Å². The number of alkyl halides is 2. The second-order valence-corrected chi connectivity index (χ2v) is 5.11. The molecule has 3 nitrogen and oxygen atoms in total. The topological polar surface area (TPSA) is 38.3 Å². The first-order valence-electron chi connectivity index (χ1n) is 6.24. The van der Waals surface area contributed by atoms with Crippen molar-refractivity contribution in [2.45, 2.75) is 13.0 Å². The third-order valence-electron chi connectivity index (χ3n) is 2.78. The number of anilines is 1. The zero-order valence-electron chi connectivity index (χ0n) is 11.2. The molecule has 0 aromatic heterocycles. The van der Waals surface area contributed by atoms with E-state index in [1.165, 1.54) is 18.2 Å². The zero-order valence-corrected chi connectivity index (χ0v) is 12.7. The summed E-state index contributed by atoms with van der Waals surface area (Å²) in [6.45, 7) is -2.98. The molecule has 0 atom stereocenters. The van der Waals surface area contributed by atoms with Gasteiger partial charge in [-0.3, -0.25) is 4.79 Å². The Labute approximate surface area is 135 Å². The van der Waals surface area contributed by atoms with Crippen molar-refractivity contribution < 1.29 is 18.3 Å². The van der Waals surface area contributed by atoms with Crippen LogP contribution in [0, 0.1) is 0 Å². The van der Waals surface area contributed by atoms with E-state index in [0.29, 0.717) is 15.6 Å². The minimum absolute atomic E-state index is 0.0818. The van der Waals surface area contributed by atoms with Crippen molar-refractivity contribution in [3.63, 3.8) is 0 Å². The van der Waals surface area contributed by atoms with Crippen molar-refractivity contribution in [1.82, 2.24) is 0 Å². The molecule has 0 unspecified atom stereocenters. The molecule has 0 saturated carbocycles. The average Bonchev–Trinajstić information content (AvgIpc) is 2.45. The predicted octanol–water partition coefficient (Wildman–Crippen LogP) is 4.78. The molecule has 22 heavy (non-hydrogen) atoms. The lowest BCUT2D eigenvalue weighted by Crippen LogP contribution is -2.16. The molecule has 2 rings (SSSR count). The molecule has 0 radical (unpaired) electrons. The standard InChI is InChI=1S/C15H11Cl2F2NO2/c16-10-4-3-5-11(17)9(10)8-14(21)20-12-6-1-2-7-13(12)22-15(18)19/h1-7,15H,8H2,(H,20,21). The van der Waals surface area contributed by atoms with E-state index in [4.69, 9.17) is 23.2 Å². The van der Waals surface area contributed by atoms with E-state index in [9.17, 15) is 13.6 Å². The molecule has 0 spiro atoms. The molecule has 0 fully saturated rings. The predicted molar refractivity (Wildman–Crippen MR) is 81.9 cm³/mol. The molecule has 116 valence electrons. The van der Waals surface area contributed by atoms with Crippen molar-refractivity contribution in [2.24, 2.45) is 0 Å². The van der Waals surface area contributed by atoms with E-state index < -0.39 is 12.5 Å². The van der Waals surface area contributed by atoms with Crippen LogP contribution in [0.5, 0.6) is 5.75 Å². The number of hydrogen-bond acceptors (Lipinski definition) is 2. The van der Waals surface area contributed by atoms with Gasteiger partial charge < -0.3 is 10.1 Å². The van der Waals surface area contributed by atoms with Gasteiger partial charge in [0.1, 0.15) is 5.75 Å². The average molecular weight is 346 g/mol. The summed E-state index contributed by atoms with van der Waals surface area (Å²) < 4.78 is 29.0. The number of carbonyl (C=O) groups is 1. The lowest BCUT2D eigenvalue weighted by atomic mass is 10.1. The van der Waals surface area contributed by atoms with Crippen LogP contribution >= 0.6 is 23.2 Å². The summed E-state index contributed by atoms with van der Waals surface area (Å²) in [4.78, 5) is 12.1. The molecule has 0 aliphatic rings. The van der Waals surface area contributed by atoms with Crippen LogP contribution in [0.3, 0.4) is 0 Å². The van der Waals surface area contributed by atoms with Gasteiger partial charge in [-0.15, -0.1) is 0 Å². The van der Waals surface area contributed by atoms with Crippen LogP contribution in [0.15, 0.2) is 42.5 Å². The number of para-hydroxylation sites is 2. The molecule has 0 aliphatic heterocycles. The first kappa shape index (κ1) is 16.5. The monoisotopic (exact) mass is 345 g/mol. The van der Waals surface area contributed by atoms with Crippen LogP contribution in [-0.4, -0.2) is 12.5 Å². The quantitative estimate of drug-likeness (QED) is 0.847. The Morgan fingerprint density at radius 2 is 1.73 bits per heavy atom. The highest BCUT2D eigenvalue weighted by atomic mass is 35.5. The summed E-state index contributed by atoms with van der Waals surface area (Å²) in [5.41, 5.74) is 0.617. The van der Waals surface area contributed by atoms with Crippen molar-refractivity contribution >= 4 is 34.8 Å². The second-order valence-electron chi connectivity index (χ2n) is 4.30. The minimum Gasteiger partial charge on any atom is -0.433 e. The van der Waals surface area contributed by atoms with Crippen LogP contribution in [0.1, 0.15) is 5.56 Å². The number of carbonyl (C=O) groups excluding carboxylic acids is 1. The molecular weight excluding hydrogens is 335 g/mol. The van der Waals surface area contributed by atoms with Gasteiger partial charge in [0.05, 0.1) is 12.1 Å². The van der Waals surface area contributed by atoms with E-state index in [1.807, 2.05) is 0 Å². The summed E-state index contributed by atoms with van der Waals surface area (Å²) in [6.07, 6.45) is -0.0818. The van der Waals surface area contributed by atoms with E-state index in [0.717, 1.165) is 0 Å². The summed E-state index contributed by atoms with van der Waals surface area (Å²) in [5, 5.41) is 3.23. The maximum Gasteiger partial charge on any atom is 0.387 e. The Balaban J connectivity index is 2.13. The first-order chi connectivity index (χ1) is 10.5. The van der Waals surface area contributed by atoms with Crippen LogP contribution in [-0.2, 0) is 11.2 Å². The van der Waals surface area contributed by atoms with Crippen molar-refractivity contribution in [3.05, 3.63) is 58.1 Å². The van der Waals surface area contributed by atoms with Gasteiger partial charge in [0.2, 0.25) is 5.91 Å². The van der Waals surface area contributed by atoms with E-state index in [1.54, 1.807) is 24.3 Å². The summed E-state index contributed by atoms with van der Waals surface area (Å²) >= 11 is 12.0. The Bertz CT molecular complexity index is 660. The molecule has 0 aliphatic carbocycles. The fourth-order valence-corrected chi connectivity index (χ4v) is 2.36. The number of rotatable bonds is 5. The fourth-order valence-electron chi connectivity index (χ4n) is 1.82. The molecule has 2 aromatic carbocycles. The third-order valence-corrected chi connectivity index (χ3v) is 3.48. The largest absolute Gasteiger partial charge is 0.433 e. The zero-order chi connectivity index (χ0) is 16.1. The normalized spacial score (nSPS) is 10.6. The maximum absolute atomic E-state index is 12.3. The highest BCUT2D eigenvalue weighted by Crippen LogP contribution is 2.27. The Morgan fingerprint density at radius 1 is 1.09 bits per heavy atom. The van der Waals surface area contributed by atoms with Crippen molar-refractivity contribution in [3.8, 4) is 5.75 Å². The fraction of sp³-hybridized carbons (Fsp3) is 0.133. The summed E-state index contributed by atoms with van der Waals surface area (Å²) in [5.74, 6) is -0.559. The van der Waals surface area contributed by atoms with Gasteiger partial charge in [0.25, 0.3) is 0 Å². The summed E-state index contributed by atoms with van der Waals surface area (Å²) in [7, 11) is 0. The highest BCUT2D eigenvalue weighted by molar-refractivity contribution is 6.36. The molecular formula is C15H11Cl2F2NO2. The van der Waals surface area contributed by atoms with Gasteiger partial charge in [0, 0.05) is 10.0 Å². The lowest BCUT2D eigenvalue weighted by molar-refractivity contribution is -0.115. The molecule has 0 heterocycles. The van der Waals surface area contributed by atoms with Crippen LogP contribution in [0.4, 0.5) is 14.5 Å². The highest BCUT2D eigenvalue weighted by Gasteiger charge is 2.14. The second kappa shape index (κ2) is 7.42. The third kappa shape index (κ3) is 4.32. The Kier molecular flexibility index (Phi) is 5.57. The summed E-state index contributed by atoms with van der Waals surface area (Å²) in [6, 6.07) is 10.8. The SMILES string of the molecule is O=C(Cc1c(Cl)cccc1Cl)Nc1ccccc1OC(F)F. The molecule has 2 aromatic rings. The first-order valence-corrected chi connectivity index (χ1v) is 6.99. The van der Waals surface area contributed by atoms with Gasteiger partial charge in [0.15, 0.2) is 0 Å². The number of hydrogen-bond donors (Lipinski definition) is 1. The molecule has 1 amide bonds. The maximum atomic E-state index is 12.3. The van der Waals surface area contributed by atoms with E-state index in [2.05, 4.69) is 10.1 Å². The Morgan fingerprint density at radius 3 is 2.36 bits per heavy atom.